The minimum absolute atomic E-state index is 0.0220. The number of ether oxygens (including phenoxy) is 1. The lowest BCUT2D eigenvalue weighted by atomic mass is 9.92. The molecule has 0 bridgehead atoms. The molecule has 0 saturated carbocycles. The highest BCUT2D eigenvalue weighted by atomic mass is 16.5. The van der Waals surface area contributed by atoms with E-state index in [2.05, 4.69) is 0 Å². The van der Waals surface area contributed by atoms with Crippen molar-refractivity contribution < 1.29 is 9.53 Å². The van der Waals surface area contributed by atoms with Crippen LogP contribution in [0.25, 0.3) is 0 Å². The minimum Gasteiger partial charge on any atom is -0.376 e. The van der Waals surface area contributed by atoms with E-state index in [1.54, 1.807) is 0 Å². The van der Waals surface area contributed by atoms with Gasteiger partial charge in [0.1, 0.15) is 0 Å². The molecule has 1 aliphatic rings. The molecule has 3 nitrogen and oxygen atoms in total. The normalized spacial score (nSPS) is 38.5. The van der Waals surface area contributed by atoms with Crippen LogP contribution < -0.4 is 5.73 Å². The summed E-state index contributed by atoms with van der Waals surface area (Å²) in [6, 6.07) is 0. The standard InChI is InChI=1S/C8H15NO2/c1-5-3-7(8(9)10)4-6(2)11-5/h5-7H,3-4H2,1-2H3,(H2,9,10)/t5-,6+,7?. The summed E-state index contributed by atoms with van der Waals surface area (Å²) < 4.78 is 5.46. The van der Waals surface area contributed by atoms with Gasteiger partial charge in [-0.15, -0.1) is 0 Å². The largest absolute Gasteiger partial charge is 0.376 e. The summed E-state index contributed by atoms with van der Waals surface area (Å²) in [4.78, 5) is 10.8. The first-order chi connectivity index (χ1) is 5.09. The SMILES string of the molecule is C[C@@H]1CC(C(N)=O)C[C@H](C)O1. The predicted octanol–water partition coefficient (Wildman–Crippen LogP) is 0.675. The maximum atomic E-state index is 10.8. The van der Waals surface area contributed by atoms with Crippen LogP contribution in [0.3, 0.4) is 0 Å². The van der Waals surface area contributed by atoms with E-state index < -0.39 is 0 Å². The third-order valence-corrected chi connectivity index (χ3v) is 2.10. The molecule has 1 heterocycles. The number of amides is 1. The van der Waals surface area contributed by atoms with Gasteiger partial charge in [0.25, 0.3) is 0 Å². The van der Waals surface area contributed by atoms with Crippen LogP contribution in [0.1, 0.15) is 26.7 Å². The molecule has 3 atom stereocenters. The van der Waals surface area contributed by atoms with E-state index in [1.807, 2.05) is 13.8 Å². The molecule has 0 aliphatic carbocycles. The Hall–Kier alpha value is -0.570. The van der Waals surface area contributed by atoms with Crippen molar-refractivity contribution in [2.24, 2.45) is 11.7 Å². The van der Waals surface area contributed by atoms with E-state index in [9.17, 15) is 4.79 Å². The zero-order chi connectivity index (χ0) is 8.43. The second kappa shape index (κ2) is 3.22. The van der Waals surface area contributed by atoms with E-state index in [-0.39, 0.29) is 24.0 Å². The molecule has 64 valence electrons. The Kier molecular flexibility index (Phi) is 2.49. The maximum Gasteiger partial charge on any atom is 0.220 e. The molecule has 1 saturated heterocycles. The van der Waals surface area contributed by atoms with Gasteiger partial charge in [-0.2, -0.15) is 0 Å². The summed E-state index contributed by atoms with van der Waals surface area (Å²) in [7, 11) is 0. The molecule has 3 heteroatoms. The van der Waals surface area contributed by atoms with E-state index >= 15 is 0 Å². The number of nitrogens with two attached hydrogens (primary N) is 1. The van der Waals surface area contributed by atoms with E-state index in [4.69, 9.17) is 10.5 Å². The minimum atomic E-state index is -0.188. The summed E-state index contributed by atoms with van der Waals surface area (Å²) in [6.07, 6.45) is 1.91. The van der Waals surface area contributed by atoms with Crippen molar-refractivity contribution in [2.75, 3.05) is 0 Å². The third-order valence-electron chi connectivity index (χ3n) is 2.10. The van der Waals surface area contributed by atoms with Crippen molar-refractivity contribution in [1.29, 1.82) is 0 Å². The van der Waals surface area contributed by atoms with Crippen LogP contribution >= 0.6 is 0 Å². The third kappa shape index (κ3) is 2.19. The highest BCUT2D eigenvalue weighted by molar-refractivity contribution is 5.76. The van der Waals surface area contributed by atoms with Crippen LogP contribution in [0.5, 0.6) is 0 Å². The second-order valence-electron chi connectivity index (χ2n) is 3.33. The molecule has 1 rings (SSSR count). The molecule has 1 amide bonds. The molecule has 0 radical (unpaired) electrons. The van der Waals surface area contributed by atoms with Gasteiger partial charge in [-0.25, -0.2) is 0 Å². The summed E-state index contributed by atoms with van der Waals surface area (Å²) in [5.41, 5.74) is 5.20. The molecule has 0 aromatic heterocycles. The highest BCUT2D eigenvalue weighted by Gasteiger charge is 2.27. The van der Waals surface area contributed by atoms with Crippen LogP contribution in [0.15, 0.2) is 0 Å². The molecule has 1 aliphatic heterocycles. The Labute approximate surface area is 66.9 Å². The Morgan fingerprint density at radius 1 is 1.36 bits per heavy atom. The van der Waals surface area contributed by atoms with Gasteiger partial charge in [0.2, 0.25) is 5.91 Å². The number of hydrogen-bond acceptors (Lipinski definition) is 2. The van der Waals surface area contributed by atoms with Gasteiger partial charge in [-0.3, -0.25) is 4.79 Å². The zero-order valence-corrected chi connectivity index (χ0v) is 7.04. The Bertz CT molecular complexity index is 148. The number of primary amides is 1. The fourth-order valence-corrected chi connectivity index (χ4v) is 1.64. The molecule has 2 N–H and O–H groups in total. The van der Waals surface area contributed by atoms with Gasteiger partial charge in [-0.1, -0.05) is 0 Å². The van der Waals surface area contributed by atoms with Gasteiger partial charge in [0.15, 0.2) is 0 Å². The van der Waals surface area contributed by atoms with E-state index in [0.29, 0.717) is 0 Å². The van der Waals surface area contributed by atoms with Crippen molar-refractivity contribution in [3.05, 3.63) is 0 Å². The van der Waals surface area contributed by atoms with Crippen molar-refractivity contribution in [3.8, 4) is 0 Å². The number of hydrogen-bond donors (Lipinski definition) is 1. The lowest BCUT2D eigenvalue weighted by Gasteiger charge is -2.30. The topological polar surface area (TPSA) is 52.3 Å². The van der Waals surface area contributed by atoms with Crippen molar-refractivity contribution >= 4 is 5.91 Å². The molecular formula is C8H15NO2. The number of carbonyl (C=O) groups is 1. The highest BCUT2D eigenvalue weighted by Crippen LogP contribution is 2.23. The quantitative estimate of drug-likeness (QED) is 0.608. The average molecular weight is 157 g/mol. The second-order valence-corrected chi connectivity index (χ2v) is 3.33. The monoisotopic (exact) mass is 157 g/mol. The van der Waals surface area contributed by atoms with Crippen molar-refractivity contribution in [3.63, 3.8) is 0 Å². The van der Waals surface area contributed by atoms with Gasteiger partial charge in [-0.05, 0) is 26.7 Å². The first kappa shape index (κ1) is 8.53. The summed E-state index contributed by atoms with van der Waals surface area (Å²) in [6.45, 7) is 3.96. The van der Waals surface area contributed by atoms with Crippen LogP contribution in [0.2, 0.25) is 0 Å². The first-order valence-electron chi connectivity index (χ1n) is 4.04. The average Bonchev–Trinajstić information content (AvgIpc) is 1.85. The summed E-state index contributed by atoms with van der Waals surface area (Å²) in [5, 5.41) is 0. The maximum absolute atomic E-state index is 10.8. The van der Waals surface area contributed by atoms with Gasteiger partial charge < -0.3 is 10.5 Å². The molecule has 0 spiro atoms. The van der Waals surface area contributed by atoms with Gasteiger partial charge in [0, 0.05) is 5.92 Å². The van der Waals surface area contributed by atoms with Crippen LogP contribution in [-0.2, 0) is 9.53 Å². The fourth-order valence-electron chi connectivity index (χ4n) is 1.64. The molecule has 1 fully saturated rings. The van der Waals surface area contributed by atoms with Crippen LogP contribution in [0, 0.1) is 5.92 Å². The Morgan fingerprint density at radius 3 is 2.18 bits per heavy atom. The predicted molar refractivity (Wildman–Crippen MR) is 41.9 cm³/mol. The fraction of sp³-hybridized carbons (Fsp3) is 0.875. The van der Waals surface area contributed by atoms with Crippen LogP contribution in [-0.4, -0.2) is 18.1 Å². The molecule has 11 heavy (non-hydrogen) atoms. The van der Waals surface area contributed by atoms with E-state index in [1.165, 1.54) is 0 Å². The number of rotatable bonds is 1. The number of carbonyl (C=O) groups excluding carboxylic acids is 1. The van der Waals surface area contributed by atoms with E-state index in [0.717, 1.165) is 12.8 Å². The summed E-state index contributed by atoms with van der Waals surface area (Å²) in [5.74, 6) is -0.166. The summed E-state index contributed by atoms with van der Waals surface area (Å²) >= 11 is 0. The lowest BCUT2D eigenvalue weighted by molar-refractivity contribution is -0.129. The molecule has 0 aromatic carbocycles. The van der Waals surface area contributed by atoms with Crippen molar-refractivity contribution in [2.45, 2.75) is 38.9 Å². The lowest BCUT2D eigenvalue weighted by Crippen LogP contribution is -2.36. The smallest absolute Gasteiger partial charge is 0.220 e. The van der Waals surface area contributed by atoms with Gasteiger partial charge >= 0.3 is 0 Å². The molecular weight excluding hydrogens is 142 g/mol. The van der Waals surface area contributed by atoms with Gasteiger partial charge in [0.05, 0.1) is 12.2 Å². The Morgan fingerprint density at radius 2 is 1.82 bits per heavy atom. The Balaban J connectivity index is 2.49. The molecule has 0 aromatic rings. The van der Waals surface area contributed by atoms with Crippen molar-refractivity contribution in [1.82, 2.24) is 0 Å². The van der Waals surface area contributed by atoms with Crippen LogP contribution in [0.4, 0.5) is 0 Å². The first-order valence-corrected chi connectivity index (χ1v) is 4.04. The zero-order valence-electron chi connectivity index (χ0n) is 7.04. The molecule has 1 unspecified atom stereocenters.